The second-order valence-electron chi connectivity index (χ2n) is 10.3. The fraction of sp³-hybridized carbons (Fsp3) is 0.583. The number of hydrogen-bond donors (Lipinski definition) is 1. The molecule has 0 spiro atoms. The summed E-state index contributed by atoms with van der Waals surface area (Å²) in [6.07, 6.45) is -0.797. The van der Waals surface area contributed by atoms with E-state index in [0.29, 0.717) is 42.7 Å². The fourth-order valence-corrected chi connectivity index (χ4v) is 5.52. The molecule has 8 nitrogen and oxygen atoms in total. The maximum Gasteiger partial charge on any atom is 0.422 e. The Bertz CT molecular complexity index is 1260. The van der Waals surface area contributed by atoms with Crippen LogP contribution in [0.15, 0.2) is 18.3 Å². The number of aliphatic hydroxyl groups is 1. The summed E-state index contributed by atoms with van der Waals surface area (Å²) in [6, 6.07) is 2.88. The van der Waals surface area contributed by atoms with Gasteiger partial charge in [0.15, 0.2) is 35.5 Å². The summed E-state index contributed by atoms with van der Waals surface area (Å²) in [5.41, 5.74) is -0.768. The van der Waals surface area contributed by atoms with Gasteiger partial charge in [-0.05, 0) is 63.5 Å². The van der Waals surface area contributed by atoms with Crippen molar-refractivity contribution in [3.05, 3.63) is 41.5 Å². The van der Waals surface area contributed by atoms with Gasteiger partial charge in [-0.15, -0.1) is 0 Å². The third kappa shape index (κ3) is 4.82. The van der Waals surface area contributed by atoms with Gasteiger partial charge in [-0.2, -0.15) is 18.3 Å². The molecule has 0 radical (unpaired) electrons. The first-order valence-corrected chi connectivity index (χ1v) is 11.9. The number of anilines is 1. The first-order valence-electron chi connectivity index (χ1n) is 11.9. The van der Waals surface area contributed by atoms with Gasteiger partial charge >= 0.3 is 6.18 Å². The average molecular weight is 509 g/mol. The van der Waals surface area contributed by atoms with E-state index in [2.05, 4.69) is 20.1 Å². The van der Waals surface area contributed by atoms with Crippen LogP contribution in [0.4, 0.5) is 23.4 Å². The largest absolute Gasteiger partial charge is 0.480 e. The first-order chi connectivity index (χ1) is 16.9. The van der Waals surface area contributed by atoms with Gasteiger partial charge in [0.05, 0.1) is 11.9 Å². The zero-order valence-electron chi connectivity index (χ0n) is 20.3. The molecule has 1 aliphatic heterocycles. The van der Waals surface area contributed by atoms with Gasteiger partial charge in [0.25, 0.3) is 0 Å². The zero-order chi connectivity index (χ0) is 25.8. The van der Waals surface area contributed by atoms with Gasteiger partial charge < -0.3 is 14.7 Å². The van der Waals surface area contributed by atoms with Gasteiger partial charge in [0, 0.05) is 19.5 Å². The minimum Gasteiger partial charge on any atom is -0.480 e. The van der Waals surface area contributed by atoms with Crippen LogP contribution in [0.2, 0.25) is 0 Å². The summed E-state index contributed by atoms with van der Waals surface area (Å²) in [4.78, 5) is 14.7. The SMILES string of the molecule is Cc1ncc(F)c(N2C[C@H]3CC[C@@H](C2)C3Cc2nc3c(OCC(F)(F)F)ccc(C(C)(C)O)n3n2)n1. The van der Waals surface area contributed by atoms with Gasteiger partial charge in [0.1, 0.15) is 11.4 Å². The Morgan fingerprint density at radius 3 is 2.44 bits per heavy atom. The maximum atomic E-state index is 14.4. The maximum absolute atomic E-state index is 14.4. The van der Waals surface area contributed by atoms with Crippen LogP contribution < -0.4 is 9.64 Å². The summed E-state index contributed by atoms with van der Waals surface area (Å²) in [5.74, 6) is 1.63. The van der Waals surface area contributed by atoms with Crippen molar-refractivity contribution in [3.63, 3.8) is 0 Å². The van der Waals surface area contributed by atoms with E-state index in [1.807, 2.05) is 4.90 Å². The Balaban J connectivity index is 1.41. The highest BCUT2D eigenvalue weighted by Gasteiger charge is 2.43. The van der Waals surface area contributed by atoms with Gasteiger partial charge in [-0.1, -0.05) is 0 Å². The molecule has 3 aromatic rings. The predicted molar refractivity (Wildman–Crippen MR) is 122 cm³/mol. The second-order valence-corrected chi connectivity index (χ2v) is 10.3. The molecule has 0 amide bonds. The minimum atomic E-state index is -4.50. The van der Waals surface area contributed by atoms with Gasteiger partial charge in [-0.3, -0.25) is 0 Å². The molecule has 0 aromatic carbocycles. The van der Waals surface area contributed by atoms with E-state index in [4.69, 9.17) is 4.74 Å². The van der Waals surface area contributed by atoms with Crippen LogP contribution in [0.5, 0.6) is 5.75 Å². The van der Waals surface area contributed by atoms with Crippen molar-refractivity contribution in [1.29, 1.82) is 0 Å². The number of aryl methyl sites for hydroxylation is 1. The van der Waals surface area contributed by atoms with Crippen LogP contribution >= 0.6 is 0 Å². The lowest BCUT2D eigenvalue weighted by Gasteiger charge is -2.38. The molecule has 5 rings (SSSR count). The van der Waals surface area contributed by atoms with Crippen LogP contribution in [0.3, 0.4) is 0 Å². The molecular formula is C24H28F4N6O2. The number of piperidine rings is 1. The van der Waals surface area contributed by atoms with E-state index in [0.717, 1.165) is 12.8 Å². The Labute approximate surface area is 205 Å². The number of pyridine rings is 1. The fourth-order valence-electron chi connectivity index (χ4n) is 5.52. The predicted octanol–water partition coefficient (Wildman–Crippen LogP) is 3.84. The van der Waals surface area contributed by atoms with E-state index in [-0.39, 0.29) is 29.2 Å². The van der Waals surface area contributed by atoms with Crippen molar-refractivity contribution in [1.82, 2.24) is 24.6 Å². The molecule has 3 aromatic heterocycles. The topological polar surface area (TPSA) is 88.7 Å². The molecule has 1 N–H and O–H groups in total. The Morgan fingerprint density at radius 2 is 1.81 bits per heavy atom. The standard InChI is InChI=1S/C24H28F4N6O2/c1-13-29-9-17(25)21(30-13)33-10-14-4-5-15(11-33)16(14)8-20-31-22-18(36-12-24(26,27)28)6-7-19(23(2,3)35)34(22)32-20/h6-7,9,14-16,35H,4-5,8,10-12H2,1-3H3/t14-,15+,16?. The number of hydrogen-bond acceptors (Lipinski definition) is 7. The molecule has 36 heavy (non-hydrogen) atoms. The summed E-state index contributed by atoms with van der Waals surface area (Å²) in [7, 11) is 0. The lowest BCUT2D eigenvalue weighted by Crippen LogP contribution is -2.43. The zero-order valence-corrected chi connectivity index (χ0v) is 20.3. The summed E-state index contributed by atoms with van der Waals surface area (Å²) in [5, 5.41) is 15.2. The molecule has 4 heterocycles. The van der Waals surface area contributed by atoms with E-state index < -0.39 is 24.2 Å². The van der Waals surface area contributed by atoms with Crippen molar-refractivity contribution in [2.24, 2.45) is 17.8 Å². The third-order valence-electron chi connectivity index (χ3n) is 7.10. The van der Waals surface area contributed by atoms with Crippen LogP contribution in [-0.2, 0) is 12.0 Å². The molecular weight excluding hydrogens is 480 g/mol. The molecule has 2 aliphatic rings. The average Bonchev–Trinajstić information content (AvgIpc) is 3.29. The van der Waals surface area contributed by atoms with Gasteiger partial charge in [-0.25, -0.2) is 23.9 Å². The number of nitrogens with zero attached hydrogens (tertiary/aromatic N) is 6. The van der Waals surface area contributed by atoms with Crippen molar-refractivity contribution in [3.8, 4) is 5.75 Å². The smallest absolute Gasteiger partial charge is 0.422 e. The second kappa shape index (κ2) is 8.82. The number of halogens is 4. The highest BCUT2D eigenvalue weighted by Crippen LogP contribution is 2.44. The quantitative estimate of drug-likeness (QED) is 0.506. The molecule has 2 bridgehead atoms. The van der Waals surface area contributed by atoms with Crippen LogP contribution in [-0.4, -0.2) is 55.5 Å². The van der Waals surface area contributed by atoms with Crippen molar-refractivity contribution < 1.29 is 27.4 Å². The van der Waals surface area contributed by atoms with E-state index in [1.54, 1.807) is 20.8 Å². The molecule has 1 saturated heterocycles. The molecule has 1 aliphatic carbocycles. The minimum absolute atomic E-state index is 0.0496. The summed E-state index contributed by atoms with van der Waals surface area (Å²) < 4.78 is 59.1. The summed E-state index contributed by atoms with van der Waals surface area (Å²) >= 11 is 0. The summed E-state index contributed by atoms with van der Waals surface area (Å²) in [6.45, 7) is 4.72. The molecule has 1 unspecified atom stereocenters. The van der Waals surface area contributed by atoms with E-state index >= 15 is 0 Å². The highest BCUT2D eigenvalue weighted by molar-refractivity contribution is 5.55. The number of aromatic nitrogens is 5. The van der Waals surface area contributed by atoms with Crippen molar-refractivity contribution in [2.75, 3.05) is 24.6 Å². The molecule has 194 valence electrons. The lowest BCUT2D eigenvalue weighted by atomic mass is 9.82. The third-order valence-corrected chi connectivity index (χ3v) is 7.10. The Hall–Kier alpha value is -3.02. The van der Waals surface area contributed by atoms with Crippen LogP contribution in [0.1, 0.15) is 44.0 Å². The number of rotatable bonds is 6. The van der Waals surface area contributed by atoms with Crippen LogP contribution in [0.25, 0.3) is 5.65 Å². The van der Waals surface area contributed by atoms with E-state index in [1.165, 1.54) is 22.8 Å². The number of alkyl halides is 3. The Kier molecular flexibility index (Phi) is 6.05. The van der Waals surface area contributed by atoms with Crippen molar-refractivity contribution >= 4 is 11.5 Å². The highest BCUT2D eigenvalue weighted by atomic mass is 19.4. The molecule has 1 saturated carbocycles. The first kappa shape index (κ1) is 24.7. The monoisotopic (exact) mass is 508 g/mol. The number of fused-ring (bicyclic) bond motifs is 3. The van der Waals surface area contributed by atoms with Gasteiger partial charge in [0.2, 0.25) is 0 Å². The lowest BCUT2D eigenvalue weighted by molar-refractivity contribution is -0.153. The molecule has 3 atom stereocenters. The Morgan fingerprint density at radius 1 is 1.11 bits per heavy atom. The molecule has 2 fully saturated rings. The molecule has 12 heteroatoms. The van der Waals surface area contributed by atoms with E-state index in [9.17, 15) is 22.7 Å². The number of ether oxygens (including phenoxy) is 1. The van der Waals surface area contributed by atoms with Crippen LogP contribution in [0, 0.1) is 30.5 Å². The van der Waals surface area contributed by atoms with Crippen molar-refractivity contribution in [2.45, 2.75) is 51.8 Å². The normalized spacial score (nSPS) is 22.4.